The largest absolute Gasteiger partial charge is 0.325 e. The van der Waals surface area contributed by atoms with Gasteiger partial charge in [-0.15, -0.1) is 11.3 Å². The number of carbonyl (C=O) groups is 1. The molecule has 0 radical (unpaired) electrons. The highest BCUT2D eigenvalue weighted by Gasteiger charge is 2.18. The third-order valence-corrected chi connectivity index (χ3v) is 5.05. The fourth-order valence-corrected chi connectivity index (χ4v) is 3.47. The van der Waals surface area contributed by atoms with E-state index in [1.165, 1.54) is 4.88 Å². The Morgan fingerprint density at radius 2 is 2.00 bits per heavy atom. The van der Waals surface area contributed by atoms with Crippen molar-refractivity contribution in [3.8, 4) is 0 Å². The van der Waals surface area contributed by atoms with Gasteiger partial charge in [-0.25, -0.2) is 0 Å². The molecular weight excluding hydrogens is 372 g/mol. The predicted octanol–water partition coefficient (Wildman–Crippen LogP) is 4.62. The number of hydrogen-bond donors (Lipinski definition) is 1. The topological polar surface area (TPSA) is 32.3 Å². The van der Waals surface area contributed by atoms with Crippen LogP contribution in [0, 0.1) is 0 Å². The number of thiophene rings is 1. The van der Waals surface area contributed by atoms with E-state index in [0.717, 1.165) is 16.0 Å². The second-order valence-electron chi connectivity index (χ2n) is 4.79. The van der Waals surface area contributed by atoms with Crippen LogP contribution in [0.15, 0.2) is 40.2 Å². The molecule has 0 spiro atoms. The van der Waals surface area contributed by atoms with E-state index in [1.807, 2.05) is 24.9 Å². The second-order valence-corrected chi connectivity index (χ2v) is 7.78. The molecule has 1 aromatic heterocycles. The third-order valence-electron chi connectivity index (χ3n) is 3.19. The molecule has 1 N–H and O–H groups in total. The van der Waals surface area contributed by atoms with Crippen molar-refractivity contribution in [1.29, 1.82) is 0 Å². The van der Waals surface area contributed by atoms with E-state index < -0.39 is 0 Å². The normalized spacial score (nSPS) is 12.4. The quantitative estimate of drug-likeness (QED) is 0.811. The standard InChI is InChI=1S/C15H16BrClN2OS/c1-10(19(2)9-13-7-8-14(16)21-13)15(20)18-12-5-3-11(17)4-6-12/h3-8,10H,9H2,1-2H3,(H,18,20)/t10-/m0/s1. The van der Waals surface area contributed by atoms with Gasteiger partial charge in [0.25, 0.3) is 0 Å². The van der Waals surface area contributed by atoms with Crippen LogP contribution in [0.1, 0.15) is 11.8 Å². The maximum Gasteiger partial charge on any atom is 0.241 e. The van der Waals surface area contributed by atoms with Gasteiger partial charge in [-0.1, -0.05) is 11.6 Å². The lowest BCUT2D eigenvalue weighted by atomic mass is 10.2. The first-order chi connectivity index (χ1) is 9.95. The number of rotatable bonds is 5. The predicted molar refractivity (Wildman–Crippen MR) is 93.0 cm³/mol. The summed E-state index contributed by atoms with van der Waals surface area (Å²) < 4.78 is 1.10. The summed E-state index contributed by atoms with van der Waals surface area (Å²) in [4.78, 5) is 15.5. The molecule has 0 aliphatic carbocycles. The van der Waals surface area contributed by atoms with E-state index >= 15 is 0 Å². The Hall–Kier alpha value is -0.880. The van der Waals surface area contributed by atoms with Crippen LogP contribution in [0.2, 0.25) is 5.02 Å². The van der Waals surface area contributed by atoms with Crippen LogP contribution in [-0.4, -0.2) is 23.9 Å². The maximum absolute atomic E-state index is 12.2. The van der Waals surface area contributed by atoms with Gasteiger partial charge in [0.1, 0.15) is 0 Å². The number of halogens is 2. The molecule has 2 rings (SSSR count). The number of amides is 1. The Bertz CT molecular complexity index is 614. The average Bonchev–Trinajstić information content (AvgIpc) is 2.85. The monoisotopic (exact) mass is 386 g/mol. The summed E-state index contributed by atoms with van der Waals surface area (Å²) in [7, 11) is 1.94. The van der Waals surface area contributed by atoms with Crippen molar-refractivity contribution in [1.82, 2.24) is 4.90 Å². The van der Waals surface area contributed by atoms with Crippen molar-refractivity contribution in [2.45, 2.75) is 19.5 Å². The number of benzene rings is 1. The number of anilines is 1. The van der Waals surface area contributed by atoms with Crippen LogP contribution in [0.5, 0.6) is 0 Å². The van der Waals surface area contributed by atoms with Gasteiger partial charge < -0.3 is 5.32 Å². The molecular formula is C15H16BrClN2OS. The number of nitrogens with one attached hydrogen (secondary N) is 1. The molecule has 0 saturated carbocycles. The van der Waals surface area contributed by atoms with E-state index in [9.17, 15) is 4.79 Å². The molecule has 0 bridgehead atoms. The molecule has 112 valence electrons. The van der Waals surface area contributed by atoms with Gasteiger partial charge >= 0.3 is 0 Å². The Labute approximate surface area is 142 Å². The summed E-state index contributed by atoms with van der Waals surface area (Å²) in [6, 6.07) is 11.0. The Morgan fingerprint density at radius 3 is 2.57 bits per heavy atom. The molecule has 0 fully saturated rings. The number of nitrogens with zero attached hydrogens (tertiary/aromatic N) is 1. The first kappa shape index (κ1) is 16.5. The van der Waals surface area contributed by atoms with Gasteiger partial charge in [0, 0.05) is 22.1 Å². The molecule has 0 aliphatic heterocycles. The minimum Gasteiger partial charge on any atom is -0.325 e. The number of hydrogen-bond acceptors (Lipinski definition) is 3. The molecule has 21 heavy (non-hydrogen) atoms. The van der Waals surface area contributed by atoms with E-state index in [-0.39, 0.29) is 11.9 Å². The summed E-state index contributed by atoms with van der Waals surface area (Å²) in [5, 5.41) is 3.55. The van der Waals surface area contributed by atoms with Crippen LogP contribution < -0.4 is 5.32 Å². The SMILES string of the molecule is C[C@@H](C(=O)Nc1ccc(Cl)cc1)N(C)Cc1ccc(Br)s1. The Morgan fingerprint density at radius 1 is 1.33 bits per heavy atom. The van der Waals surface area contributed by atoms with Crippen molar-refractivity contribution in [3.63, 3.8) is 0 Å². The van der Waals surface area contributed by atoms with E-state index in [2.05, 4.69) is 27.3 Å². The van der Waals surface area contributed by atoms with Crippen LogP contribution in [-0.2, 0) is 11.3 Å². The first-order valence-electron chi connectivity index (χ1n) is 6.46. The van der Waals surface area contributed by atoms with Crippen molar-refractivity contribution in [2.24, 2.45) is 0 Å². The molecule has 0 unspecified atom stereocenters. The average molecular weight is 388 g/mol. The van der Waals surface area contributed by atoms with Gasteiger partial charge in [0.2, 0.25) is 5.91 Å². The molecule has 3 nitrogen and oxygen atoms in total. The summed E-state index contributed by atoms with van der Waals surface area (Å²) in [6.07, 6.45) is 0. The van der Waals surface area contributed by atoms with Crippen molar-refractivity contribution >= 4 is 50.5 Å². The van der Waals surface area contributed by atoms with Gasteiger partial charge in [-0.05, 0) is 66.3 Å². The zero-order valence-electron chi connectivity index (χ0n) is 11.8. The van der Waals surface area contributed by atoms with Crippen molar-refractivity contribution in [3.05, 3.63) is 50.1 Å². The van der Waals surface area contributed by atoms with Gasteiger partial charge in [-0.3, -0.25) is 9.69 Å². The number of carbonyl (C=O) groups excluding carboxylic acids is 1. The summed E-state index contributed by atoms with van der Waals surface area (Å²) >= 11 is 11.0. The summed E-state index contributed by atoms with van der Waals surface area (Å²) in [5.74, 6) is -0.0320. The van der Waals surface area contributed by atoms with E-state index in [1.54, 1.807) is 35.6 Å². The molecule has 0 aliphatic rings. The third kappa shape index (κ3) is 4.81. The molecule has 1 aromatic carbocycles. The van der Waals surface area contributed by atoms with E-state index in [0.29, 0.717) is 5.02 Å². The van der Waals surface area contributed by atoms with Crippen LogP contribution in [0.25, 0.3) is 0 Å². The van der Waals surface area contributed by atoms with Gasteiger partial charge in [0.05, 0.1) is 9.83 Å². The second kappa shape index (κ2) is 7.40. The minimum atomic E-state index is -0.221. The molecule has 6 heteroatoms. The Kier molecular flexibility index (Phi) is 5.81. The lowest BCUT2D eigenvalue weighted by Gasteiger charge is -2.23. The van der Waals surface area contributed by atoms with Crippen molar-refractivity contribution in [2.75, 3.05) is 12.4 Å². The van der Waals surface area contributed by atoms with Gasteiger partial charge in [-0.2, -0.15) is 0 Å². The van der Waals surface area contributed by atoms with E-state index in [4.69, 9.17) is 11.6 Å². The maximum atomic E-state index is 12.2. The van der Waals surface area contributed by atoms with Gasteiger partial charge in [0.15, 0.2) is 0 Å². The minimum absolute atomic E-state index is 0.0320. The Balaban J connectivity index is 1.93. The highest BCUT2D eigenvalue weighted by molar-refractivity contribution is 9.11. The molecule has 1 atom stereocenters. The molecule has 1 amide bonds. The first-order valence-corrected chi connectivity index (χ1v) is 8.45. The summed E-state index contributed by atoms with van der Waals surface area (Å²) in [6.45, 7) is 2.64. The highest BCUT2D eigenvalue weighted by atomic mass is 79.9. The number of likely N-dealkylation sites (N-methyl/N-ethyl adjacent to an activating group) is 1. The van der Waals surface area contributed by atoms with Crippen LogP contribution >= 0.6 is 38.9 Å². The van der Waals surface area contributed by atoms with Crippen molar-refractivity contribution < 1.29 is 4.79 Å². The molecule has 2 aromatic rings. The smallest absolute Gasteiger partial charge is 0.241 e. The lowest BCUT2D eigenvalue weighted by molar-refractivity contribution is -0.120. The zero-order chi connectivity index (χ0) is 15.4. The zero-order valence-corrected chi connectivity index (χ0v) is 14.9. The molecule has 1 heterocycles. The van der Waals surface area contributed by atoms with Crippen LogP contribution in [0.3, 0.4) is 0 Å². The van der Waals surface area contributed by atoms with Crippen LogP contribution in [0.4, 0.5) is 5.69 Å². The highest BCUT2D eigenvalue weighted by Crippen LogP contribution is 2.23. The molecule has 0 saturated heterocycles. The fourth-order valence-electron chi connectivity index (χ4n) is 1.80. The lowest BCUT2D eigenvalue weighted by Crippen LogP contribution is -2.39. The summed E-state index contributed by atoms with van der Waals surface area (Å²) in [5.41, 5.74) is 0.753. The fraction of sp³-hybridized carbons (Fsp3) is 0.267.